The van der Waals surface area contributed by atoms with Crippen LogP contribution in [0.5, 0.6) is 0 Å². The van der Waals surface area contributed by atoms with Gasteiger partial charge < -0.3 is 24.5 Å². The van der Waals surface area contributed by atoms with Gasteiger partial charge in [0.1, 0.15) is 0 Å². The minimum Gasteiger partial charge on any atom is -0.324 e. The van der Waals surface area contributed by atoms with E-state index in [4.69, 9.17) is 29.0 Å². The second-order valence-electron chi connectivity index (χ2n) is 1.90. The first-order chi connectivity index (χ1) is 5.06. The minimum absolute atomic E-state index is 0.00694. The highest BCUT2D eigenvalue weighted by Crippen LogP contribution is 2.34. The predicted molar refractivity (Wildman–Crippen MR) is 41.5 cm³/mol. The molecular weight excluding hydrogens is 210 g/mol. The molecule has 0 aliphatic heterocycles. The number of phosphoric acid groups is 1. The lowest BCUT2D eigenvalue weighted by atomic mass is 10.6. The normalized spacial score (nSPS) is 11.8. The molecule has 0 fully saturated rings. The van der Waals surface area contributed by atoms with Crippen LogP contribution in [-0.4, -0.2) is 30.6 Å². The largest absolute Gasteiger partial charge is 0.466 e. The van der Waals surface area contributed by atoms with Gasteiger partial charge in [-0.3, -0.25) is 4.57 Å². The Kier molecular flexibility index (Phi) is 7.17. The second-order valence-corrected chi connectivity index (χ2v) is 4.70. The molecule has 76 valence electrons. The minimum atomic E-state index is -4.64. The lowest BCUT2D eigenvalue weighted by Crippen LogP contribution is -1.82. The van der Waals surface area contributed by atoms with Crippen LogP contribution in [0.3, 0.4) is 0 Å². The van der Waals surface area contributed by atoms with Crippen LogP contribution in [-0.2, 0) is 9.13 Å². The van der Waals surface area contributed by atoms with Crippen molar-refractivity contribution in [3.63, 3.8) is 0 Å². The number of hydrogen-bond donors (Lipinski definition) is 5. The summed E-state index contributed by atoms with van der Waals surface area (Å²) in [5, 5.41) is 0. The summed E-state index contributed by atoms with van der Waals surface area (Å²) in [7, 11) is -8.30. The van der Waals surface area contributed by atoms with Gasteiger partial charge in [-0.05, 0) is 6.42 Å². The molecule has 0 bridgehead atoms. The van der Waals surface area contributed by atoms with Crippen LogP contribution in [0.1, 0.15) is 13.3 Å². The molecule has 0 aromatic heterocycles. The Morgan fingerprint density at radius 2 is 1.25 bits per heavy atom. The van der Waals surface area contributed by atoms with Gasteiger partial charge in [-0.2, -0.15) is 0 Å². The average molecular weight is 222 g/mol. The standard InChI is InChI=1S/C3H9O3P.H3O4P/c1-2-3-7(4,5)6;1-5(2,3)4/h2-3H2,1H3,(H2,4,5,6);(H3,1,2,3,4). The van der Waals surface area contributed by atoms with Gasteiger partial charge >= 0.3 is 15.4 Å². The van der Waals surface area contributed by atoms with Crippen molar-refractivity contribution in [2.45, 2.75) is 13.3 Å². The van der Waals surface area contributed by atoms with Crippen LogP contribution >= 0.6 is 15.4 Å². The van der Waals surface area contributed by atoms with Gasteiger partial charge in [0.05, 0.1) is 0 Å². The first-order valence-corrected chi connectivity index (χ1v) is 6.25. The monoisotopic (exact) mass is 222 g/mol. The van der Waals surface area contributed by atoms with E-state index in [0.717, 1.165) is 0 Å². The molecule has 0 heterocycles. The average Bonchev–Trinajstić information content (AvgIpc) is 1.54. The number of rotatable bonds is 2. The fourth-order valence-electron chi connectivity index (χ4n) is 0.291. The van der Waals surface area contributed by atoms with Gasteiger partial charge in [0.15, 0.2) is 0 Å². The maximum atomic E-state index is 9.93. The van der Waals surface area contributed by atoms with Crippen molar-refractivity contribution in [2.75, 3.05) is 6.16 Å². The number of hydrogen-bond acceptors (Lipinski definition) is 2. The maximum absolute atomic E-state index is 9.93. The van der Waals surface area contributed by atoms with E-state index in [-0.39, 0.29) is 6.16 Å². The molecule has 5 N–H and O–H groups in total. The zero-order valence-corrected chi connectivity index (χ0v) is 8.15. The van der Waals surface area contributed by atoms with Gasteiger partial charge in [-0.25, -0.2) is 4.57 Å². The fourth-order valence-corrected chi connectivity index (χ4v) is 0.874. The molecule has 0 aliphatic carbocycles. The Labute approximate surface area is 69.5 Å². The highest BCUT2D eigenvalue weighted by molar-refractivity contribution is 7.51. The van der Waals surface area contributed by atoms with Crippen molar-refractivity contribution >= 4 is 15.4 Å². The molecule has 0 unspecified atom stereocenters. The Morgan fingerprint density at radius 3 is 1.25 bits per heavy atom. The van der Waals surface area contributed by atoms with E-state index in [1.54, 1.807) is 6.92 Å². The molecule has 0 spiro atoms. The Hall–Kier alpha value is 0.260. The first-order valence-electron chi connectivity index (χ1n) is 2.89. The van der Waals surface area contributed by atoms with E-state index in [2.05, 4.69) is 0 Å². The molecule has 0 radical (unpaired) electrons. The first kappa shape index (κ1) is 14.8. The second kappa shape index (κ2) is 5.83. The van der Waals surface area contributed by atoms with Crippen molar-refractivity contribution in [1.82, 2.24) is 0 Å². The molecule has 0 atom stereocenters. The van der Waals surface area contributed by atoms with E-state index in [0.29, 0.717) is 6.42 Å². The van der Waals surface area contributed by atoms with Crippen molar-refractivity contribution in [1.29, 1.82) is 0 Å². The van der Waals surface area contributed by atoms with E-state index in [9.17, 15) is 4.57 Å². The molecule has 0 saturated carbocycles. The Bertz CT molecular complexity index is 181. The van der Waals surface area contributed by atoms with Crippen LogP contribution in [0.2, 0.25) is 0 Å². The van der Waals surface area contributed by atoms with Crippen molar-refractivity contribution < 1.29 is 33.6 Å². The molecule has 0 aromatic carbocycles. The van der Waals surface area contributed by atoms with E-state index in [1.165, 1.54) is 0 Å². The van der Waals surface area contributed by atoms with Crippen LogP contribution in [0.4, 0.5) is 0 Å². The molecule has 0 aromatic rings. The third-order valence-corrected chi connectivity index (χ3v) is 1.54. The van der Waals surface area contributed by atoms with Crippen LogP contribution in [0.15, 0.2) is 0 Å². The molecule has 9 heteroatoms. The smallest absolute Gasteiger partial charge is 0.324 e. The van der Waals surface area contributed by atoms with Crippen LogP contribution < -0.4 is 0 Å². The molecular formula is C3H12O7P2. The molecule has 7 nitrogen and oxygen atoms in total. The van der Waals surface area contributed by atoms with Gasteiger partial charge in [-0.1, -0.05) is 6.92 Å². The molecule has 0 rings (SSSR count). The van der Waals surface area contributed by atoms with Gasteiger partial charge in [0.2, 0.25) is 0 Å². The van der Waals surface area contributed by atoms with E-state index < -0.39 is 15.4 Å². The Balaban J connectivity index is 0. The summed E-state index contributed by atoms with van der Waals surface area (Å²) in [6.07, 6.45) is 0.553. The highest BCUT2D eigenvalue weighted by Gasteiger charge is 2.08. The van der Waals surface area contributed by atoms with Gasteiger partial charge in [-0.15, -0.1) is 0 Å². The summed E-state index contributed by atoms with van der Waals surface area (Å²) in [6.45, 7) is 1.74. The SMILES string of the molecule is CCCP(=O)(O)O.O=P(O)(O)O. The zero-order chi connectivity index (χ0) is 10.4. The third-order valence-electron chi connectivity index (χ3n) is 0.515. The molecule has 0 aliphatic rings. The molecule has 0 saturated heterocycles. The van der Waals surface area contributed by atoms with Crippen LogP contribution in [0, 0.1) is 0 Å². The van der Waals surface area contributed by atoms with E-state index in [1.807, 2.05) is 0 Å². The fraction of sp³-hybridized carbons (Fsp3) is 1.00. The Morgan fingerprint density at radius 1 is 1.00 bits per heavy atom. The maximum Gasteiger partial charge on any atom is 0.466 e. The summed E-state index contributed by atoms with van der Waals surface area (Å²) in [5.74, 6) is 0. The lowest BCUT2D eigenvalue weighted by molar-refractivity contribution is 0.275. The zero-order valence-electron chi connectivity index (χ0n) is 6.36. The van der Waals surface area contributed by atoms with Gasteiger partial charge in [0.25, 0.3) is 0 Å². The van der Waals surface area contributed by atoms with Crippen molar-refractivity contribution in [2.24, 2.45) is 0 Å². The summed E-state index contributed by atoms with van der Waals surface area (Å²) in [5.41, 5.74) is 0. The summed E-state index contributed by atoms with van der Waals surface area (Å²) < 4.78 is 18.8. The molecule has 12 heavy (non-hydrogen) atoms. The van der Waals surface area contributed by atoms with Crippen LogP contribution in [0.25, 0.3) is 0 Å². The van der Waals surface area contributed by atoms with Crippen molar-refractivity contribution in [3.05, 3.63) is 0 Å². The lowest BCUT2D eigenvalue weighted by Gasteiger charge is -1.96. The third kappa shape index (κ3) is 48.5. The summed E-state index contributed by atoms with van der Waals surface area (Å²) in [6, 6.07) is 0. The highest BCUT2D eigenvalue weighted by atomic mass is 31.2. The van der Waals surface area contributed by atoms with Gasteiger partial charge in [0, 0.05) is 6.16 Å². The van der Waals surface area contributed by atoms with E-state index >= 15 is 0 Å². The topological polar surface area (TPSA) is 135 Å². The van der Waals surface area contributed by atoms with Crippen molar-refractivity contribution in [3.8, 4) is 0 Å². The quantitative estimate of drug-likeness (QED) is 0.402. The summed E-state index contributed by atoms with van der Waals surface area (Å²) >= 11 is 0. The predicted octanol–water partition coefficient (Wildman–Crippen LogP) is -0.355. The molecule has 0 amide bonds. The summed E-state index contributed by atoms with van der Waals surface area (Å²) in [4.78, 5) is 37.8.